The quantitative estimate of drug-likeness (QED) is 0.751. The van der Waals surface area contributed by atoms with E-state index in [1.54, 1.807) is 0 Å². The largest absolute Gasteiger partial charge is 0.477 e. The molecule has 2 aromatic heterocycles. The monoisotopic (exact) mass is 325 g/mol. The number of carboxylic acids is 1. The van der Waals surface area contributed by atoms with E-state index in [4.69, 9.17) is 0 Å². The lowest BCUT2D eigenvalue weighted by molar-refractivity contribution is 0.0694. The third kappa shape index (κ3) is 2.76. The van der Waals surface area contributed by atoms with Crippen molar-refractivity contribution < 1.29 is 9.90 Å². The Balaban J connectivity index is 2.18. The Morgan fingerprint density at radius 3 is 2.50 bits per heavy atom. The fraction of sp³-hybridized carbons (Fsp3) is 0.125. The minimum Gasteiger partial charge on any atom is -0.477 e. The maximum Gasteiger partial charge on any atom is 0.341 e. The highest BCUT2D eigenvalue weighted by Crippen LogP contribution is 2.21. The third-order valence-electron chi connectivity index (χ3n) is 3.55. The summed E-state index contributed by atoms with van der Waals surface area (Å²) in [6.45, 7) is 0. The molecule has 0 spiro atoms. The molecular formula is C16H15N5O3. The van der Waals surface area contributed by atoms with Crippen LogP contribution in [0.3, 0.4) is 0 Å². The number of aromatic nitrogens is 4. The molecule has 0 saturated carbocycles. The van der Waals surface area contributed by atoms with E-state index >= 15 is 0 Å². The van der Waals surface area contributed by atoms with Crippen LogP contribution in [0.2, 0.25) is 0 Å². The molecule has 0 atom stereocenters. The lowest BCUT2D eigenvalue weighted by atomic mass is 10.1. The van der Waals surface area contributed by atoms with Crippen molar-refractivity contribution >= 4 is 11.7 Å². The topological polar surface area (TPSA) is 104 Å². The maximum absolute atomic E-state index is 12.3. The second-order valence-electron chi connectivity index (χ2n) is 5.36. The normalized spacial score (nSPS) is 10.6. The molecule has 0 unspecified atom stereocenters. The second kappa shape index (κ2) is 5.99. The maximum atomic E-state index is 12.3. The summed E-state index contributed by atoms with van der Waals surface area (Å²) in [5.74, 6) is -1.30. The first-order valence-corrected chi connectivity index (χ1v) is 7.12. The number of nitrogens with one attached hydrogen (secondary N) is 1. The van der Waals surface area contributed by atoms with Gasteiger partial charge in [-0.3, -0.25) is 9.89 Å². The number of rotatable bonds is 4. The Kier molecular flexibility index (Phi) is 3.87. The van der Waals surface area contributed by atoms with Crippen molar-refractivity contribution in [1.29, 1.82) is 0 Å². The average Bonchev–Trinajstić information content (AvgIpc) is 3.09. The molecule has 122 valence electrons. The van der Waals surface area contributed by atoms with Gasteiger partial charge in [0.2, 0.25) is 0 Å². The molecule has 0 radical (unpaired) electrons. The molecule has 2 heterocycles. The molecule has 0 aliphatic carbocycles. The molecule has 3 rings (SSSR count). The summed E-state index contributed by atoms with van der Waals surface area (Å²) >= 11 is 0. The van der Waals surface area contributed by atoms with E-state index in [0.717, 1.165) is 10.4 Å². The van der Waals surface area contributed by atoms with Crippen LogP contribution in [0.15, 0.2) is 47.5 Å². The van der Waals surface area contributed by atoms with Crippen LogP contribution in [0.5, 0.6) is 0 Å². The SMILES string of the molecule is CN(C)c1ccc(-c2cc(C(=O)O)c(=O)n(-c3cn[nH]c3)n2)cc1. The lowest BCUT2D eigenvalue weighted by Crippen LogP contribution is -2.27. The van der Waals surface area contributed by atoms with Crippen LogP contribution in [-0.4, -0.2) is 45.1 Å². The van der Waals surface area contributed by atoms with E-state index in [9.17, 15) is 14.7 Å². The van der Waals surface area contributed by atoms with Crippen molar-refractivity contribution in [2.45, 2.75) is 0 Å². The average molecular weight is 325 g/mol. The van der Waals surface area contributed by atoms with Gasteiger partial charge in [0.1, 0.15) is 11.3 Å². The molecule has 24 heavy (non-hydrogen) atoms. The zero-order valence-electron chi connectivity index (χ0n) is 13.1. The number of carboxylic acid groups (broad SMARTS) is 1. The summed E-state index contributed by atoms with van der Waals surface area (Å²) in [4.78, 5) is 25.7. The van der Waals surface area contributed by atoms with Crippen LogP contribution < -0.4 is 10.5 Å². The Morgan fingerprint density at radius 1 is 1.25 bits per heavy atom. The molecule has 0 fully saturated rings. The van der Waals surface area contributed by atoms with E-state index < -0.39 is 11.5 Å². The van der Waals surface area contributed by atoms with Crippen LogP contribution in [0.25, 0.3) is 16.9 Å². The van der Waals surface area contributed by atoms with Gasteiger partial charge >= 0.3 is 5.97 Å². The number of aromatic carboxylic acids is 1. The number of nitrogens with zero attached hydrogens (tertiary/aromatic N) is 4. The van der Waals surface area contributed by atoms with Gasteiger partial charge in [-0.15, -0.1) is 0 Å². The van der Waals surface area contributed by atoms with Crippen LogP contribution in [0, 0.1) is 0 Å². The van der Waals surface area contributed by atoms with Crippen molar-refractivity contribution in [2.75, 3.05) is 19.0 Å². The van der Waals surface area contributed by atoms with Crippen molar-refractivity contribution in [1.82, 2.24) is 20.0 Å². The van der Waals surface area contributed by atoms with Crippen molar-refractivity contribution in [3.63, 3.8) is 0 Å². The van der Waals surface area contributed by atoms with Gasteiger partial charge in [0.15, 0.2) is 0 Å². The molecule has 0 aliphatic heterocycles. The van der Waals surface area contributed by atoms with Crippen LogP contribution in [0.1, 0.15) is 10.4 Å². The third-order valence-corrected chi connectivity index (χ3v) is 3.55. The zero-order valence-corrected chi connectivity index (χ0v) is 13.1. The summed E-state index contributed by atoms with van der Waals surface area (Å²) < 4.78 is 1.03. The Bertz CT molecular complexity index is 927. The van der Waals surface area contributed by atoms with E-state index in [1.165, 1.54) is 18.5 Å². The fourth-order valence-corrected chi connectivity index (χ4v) is 2.25. The molecular weight excluding hydrogens is 310 g/mol. The summed E-state index contributed by atoms with van der Waals surface area (Å²) in [6.07, 6.45) is 2.87. The number of hydrogen-bond acceptors (Lipinski definition) is 5. The number of carbonyl (C=O) groups is 1. The highest BCUT2D eigenvalue weighted by atomic mass is 16.4. The summed E-state index contributed by atoms with van der Waals surface area (Å²) in [6, 6.07) is 8.72. The van der Waals surface area contributed by atoms with Crippen molar-refractivity contribution in [3.05, 3.63) is 58.6 Å². The molecule has 2 N–H and O–H groups in total. The number of aromatic amines is 1. The molecule has 8 nitrogen and oxygen atoms in total. The number of benzene rings is 1. The van der Waals surface area contributed by atoms with Crippen molar-refractivity contribution in [3.8, 4) is 16.9 Å². The molecule has 0 aliphatic rings. The molecule has 0 saturated heterocycles. The first kappa shape index (κ1) is 15.5. The number of anilines is 1. The first-order chi connectivity index (χ1) is 11.5. The first-order valence-electron chi connectivity index (χ1n) is 7.12. The number of H-pyrrole nitrogens is 1. The van der Waals surface area contributed by atoms with Crippen molar-refractivity contribution in [2.24, 2.45) is 0 Å². The molecule has 8 heteroatoms. The summed E-state index contributed by atoms with van der Waals surface area (Å²) in [5.41, 5.74) is 1.41. The smallest absolute Gasteiger partial charge is 0.341 e. The van der Waals surface area contributed by atoms with E-state index in [1.807, 2.05) is 43.3 Å². The highest BCUT2D eigenvalue weighted by molar-refractivity contribution is 5.88. The molecule has 1 aromatic carbocycles. The van der Waals surface area contributed by atoms with Gasteiger partial charge in [-0.2, -0.15) is 14.9 Å². The van der Waals surface area contributed by atoms with Gasteiger partial charge in [0.05, 0.1) is 11.9 Å². The van der Waals surface area contributed by atoms with Gasteiger partial charge in [0.25, 0.3) is 5.56 Å². The van der Waals surface area contributed by atoms with Crippen LogP contribution in [-0.2, 0) is 0 Å². The van der Waals surface area contributed by atoms with E-state index in [-0.39, 0.29) is 5.56 Å². The van der Waals surface area contributed by atoms with Crippen LogP contribution in [0.4, 0.5) is 5.69 Å². The zero-order chi connectivity index (χ0) is 17.3. The second-order valence-corrected chi connectivity index (χ2v) is 5.36. The summed E-state index contributed by atoms with van der Waals surface area (Å²) in [7, 11) is 3.85. The predicted octanol–water partition coefficient (Wildman–Crippen LogP) is 1.39. The fourth-order valence-electron chi connectivity index (χ4n) is 2.25. The Hall–Kier alpha value is -3.42. The highest BCUT2D eigenvalue weighted by Gasteiger charge is 2.17. The summed E-state index contributed by atoms with van der Waals surface area (Å²) in [5, 5.41) is 19.9. The van der Waals surface area contributed by atoms with Gasteiger partial charge in [0, 0.05) is 31.5 Å². The minimum atomic E-state index is -1.30. The minimum absolute atomic E-state index is 0.349. The van der Waals surface area contributed by atoms with Gasteiger partial charge in [-0.05, 0) is 18.2 Å². The number of hydrogen-bond donors (Lipinski definition) is 2. The molecule has 0 amide bonds. The van der Waals surface area contributed by atoms with Gasteiger partial charge in [-0.25, -0.2) is 4.79 Å². The lowest BCUT2D eigenvalue weighted by Gasteiger charge is -2.13. The Morgan fingerprint density at radius 2 is 1.96 bits per heavy atom. The van der Waals surface area contributed by atoms with E-state index in [2.05, 4.69) is 15.3 Å². The molecule has 3 aromatic rings. The van der Waals surface area contributed by atoms with E-state index in [0.29, 0.717) is 16.9 Å². The molecule has 0 bridgehead atoms. The standard InChI is InChI=1S/C16H15N5O3/c1-20(2)11-5-3-10(4-6-11)14-7-13(16(23)24)15(22)21(19-14)12-8-17-18-9-12/h3-9H,1-2H3,(H,17,18)(H,23,24). The Labute approximate surface area is 137 Å². The van der Waals surface area contributed by atoms with Gasteiger partial charge in [-0.1, -0.05) is 12.1 Å². The predicted molar refractivity (Wildman–Crippen MR) is 88.7 cm³/mol. The van der Waals surface area contributed by atoms with Crippen LogP contribution >= 0.6 is 0 Å². The van der Waals surface area contributed by atoms with Gasteiger partial charge < -0.3 is 10.0 Å².